The number of piperidine rings is 1. The predicted octanol–water partition coefficient (Wildman–Crippen LogP) is 6.43. The van der Waals surface area contributed by atoms with Gasteiger partial charge in [0.1, 0.15) is 5.82 Å². The van der Waals surface area contributed by atoms with E-state index < -0.39 is 22.8 Å². The predicted molar refractivity (Wildman–Crippen MR) is 170 cm³/mol. The topological polar surface area (TPSA) is 95.7 Å². The van der Waals surface area contributed by atoms with Crippen molar-refractivity contribution in [3.63, 3.8) is 0 Å². The number of carbonyl (C=O) groups is 2. The number of benzene rings is 3. The minimum Gasteiger partial charge on any atom is -0.481 e. The Labute approximate surface area is 254 Å². The van der Waals surface area contributed by atoms with E-state index in [1.807, 2.05) is 30.3 Å². The number of fused-ring (bicyclic) bond motifs is 1. The molecule has 2 heterocycles. The van der Waals surface area contributed by atoms with Crippen molar-refractivity contribution < 1.29 is 19.8 Å². The van der Waals surface area contributed by atoms with Crippen LogP contribution in [0.5, 0.6) is 0 Å². The Balaban J connectivity index is 1.21. The number of para-hydroxylation sites is 2. The van der Waals surface area contributed by atoms with E-state index in [1.54, 1.807) is 27.7 Å². The van der Waals surface area contributed by atoms with Crippen LogP contribution in [0.4, 0.5) is 0 Å². The van der Waals surface area contributed by atoms with E-state index in [2.05, 4.69) is 51.9 Å². The summed E-state index contributed by atoms with van der Waals surface area (Å²) in [4.78, 5) is 30.9. The van der Waals surface area contributed by atoms with Crippen LogP contribution in [0, 0.1) is 0 Å². The van der Waals surface area contributed by atoms with E-state index >= 15 is 0 Å². The van der Waals surface area contributed by atoms with Crippen LogP contribution < -0.4 is 0 Å². The molecule has 1 saturated heterocycles. The van der Waals surface area contributed by atoms with E-state index in [9.17, 15) is 19.8 Å². The van der Waals surface area contributed by atoms with E-state index in [0.717, 1.165) is 74.0 Å². The van der Waals surface area contributed by atoms with Gasteiger partial charge in [-0.25, -0.2) is 4.98 Å². The summed E-state index contributed by atoms with van der Waals surface area (Å²) in [6.07, 6.45) is 3.92. The van der Waals surface area contributed by atoms with Crippen LogP contribution in [0.1, 0.15) is 74.5 Å². The Morgan fingerprint density at radius 2 is 1.23 bits per heavy atom. The number of aromatic nitrogens is 2. The Morgan fingerprint density at radius 1 is 0.744 bits per heavy atom. The first-order valence-corrected chi connectivity index (χ1v) is 15.3. The van der Waals surface area contributed by atoms with Crippen LogP contribution in [0.15, 0.2) is 72.8 Å². The summed E-state index contributed by atoms with van der Waals surface area (Å²) in [5.41, 5.74) is 4.45. The molecule has 7 nitrogen and oxygen atoms in total. The number of aliphatic carboxylic acids is 2. The van der Waals surface area contributed by atoms with Gasteiger partial charge in [0.15, 0.2) is 0 Å². The smallest absolute Gasteiger partial charge is 0.313 e. The Hall–Kier alpha value is -3.97. The number of rotatable bonds is 11. The van der Waals surface area contributed by atoms with Gasteiger partial charge in [0.05, 0.1) is 21.9 Å². The number of hydrogen-bond donors (Lipinski definition) is 2. The van der Waals surface area contributed by atoms with Crippen LogP contribution in [0.2, 0.25) is 0 Å². The SMILES string of the molecule is CC(C)(C(=O)O)c1ccc(CCN2CCC(c3nc4ccccc4n3CCc3ccc(C(C)(C)C(=O)O)cc3)CC2)cc1. The Kier molecular flexibility index (Phi) is 8.74. The first kappa shape index (κ1) is 30.5. The number of hydrogen-bond acceptors (Lipinski definition) is 4. The molecule has 0 spiro atoms. The molecule has 0 radical (unpaired) electrons. The molecule has 1 aliphatic heterocycles. The second-order valence-corrected chi connectivity index (χ2v) is 13.0. The van der Waals surface area contributed by atoms with Crippen molar-refractivity contribution in [2.45, 2.75) is 76.7 Å². The lowest BCUT2D eigenvalue weighted by Crippen LogP contribution is -2.35. The molecular formula is C36H43N3O4. The van der Waals surface area contributed by atoms with Crippen LogP contribution in [0.3, 0.4) is 0 Å². The molecule has 0 amide bonds. The van der Waals surface area contributed by atoms with Crippen LogP contribution >= 0.6 is 0 Å². The third kappa shape index (κ3) is 6.52. The maximum atomic E-state index is 11.7. The Morgan fingerprint density at radius 3 is 1.74 bits per heavy atom. The summed E-state index contributed by atoms with van der Waals surface area (Å²) in [6, 6.07) is 24.4. The quantitative estimate of drug-likeness (QED) is 0.212. The van der Waals surface area contributed by atoms with Gasteiger partial charge in [-0.15, -0.1) is 0 Å². The molecule has 0 atom stereocenters. The molecule has 5 rings (SSSR count). The van der Waals surface area contributed by atoms with Gasteiger partial charge in [-0.2, -0.15) is 0 Å². The summed E-state index contributed by atoms with van der Waals surface area (Å²) >= 11 is 0. The van der Waals surface area contributed by atoms with Gasteiger partial charge in [0.25, 0.3) is 0 Å². The second kappa shape index (κ2) is 12.3. The molecule has 0 saturated carbocycles. The largest absolute Gasteiger partial charge is 0.481 e. The number of carboxylic acid groups (broad SMARTS) is 2. The van der Waals surface area contributed by atoms with Crippen LogP contribution in [-0.4, -0.2) is 56.2 Å². The number of imidazole rings is 1. The summed E-state index contributed by atoms with van der Waals surface area (Å²) in [6.45, 7) is 10.8. The van der Waals surface area contributed by atoms with Gasteiger partial charge in [-0.3, -0.25) is 9.59 Å². The summed E-state index contributed by atoms with van der Waals surface area (Å²) < 4.78 is 2.39. The normalized spacial score (nSPS) is 15.2. The van der Waals surface area contributed by atoms with Gasteiger partial charge >= 0.3 is 11.9 Å². The van der Waals surface area contributed by atoms with Gasteiger partial charge in [-0.05, 0) is 101 Å². The molecule has 0 bridgehead atoms. The molecule has 4 aromatic rings. The van der Waals surface area contributed by atoms with E-state index in [-0.39, 0.29) is 0 Å². The van der Waals surface area contributed by atoms with Crippen molar-refractivity contribution in [3.8, 4) is 0 Å². The van der Waals surface area contributed by atoms with E-state index in [1.165, 1.54) is 17.0 Å². The average Bonchev–Trinajstić information content (AvgIpc) is 3.38. The third-order valence-electron chi connectivity index (χ3n) is 9.40. The summed E-state index contributed by atoms with van der Waals surface area (Å²) in [5, 5.41) is 19.1. The maximum absolute atomic E-state index is 11.7. The first-order valence-electron chi connectivity index (χ1n) is 15.3. The Bertz CT molecular complexity index is 1580. The fourth-order valence-corrected chi connectivity index (χ4v) is 6.01. The van der Waals surface area contributed by atoms with Gasteiger partial charge in [-0.1, -0.05) is 60.7 Å². The zero-order valence-corrected chi connectivity index (χ0v) is 25.7. The van der Waals surface area contributed by atoms with Crippen molar-refractivity contribution >= 4 is 23.0 Å². The standard InChI is InChI=1S/C36H43N3O4/c1-35(2,33(40)41)28-13-9-25(10-14-28)17-21-38-22-19-27(20-23-38)32-37-30-7-5-6-8-31(30)39(32)24-18-26-11-15-29(16-12-26)36(3,4)34(42)43/h5-16,27H,17-24H2,1-4H3,(H,40,41)(H,42,43). The molecular weight excluding hydrogens is 538 g/mol. The third-order valence-corrected chi connectivity index (χ3v) is 9.40. The van der Waals surface area contributed by atoms with Crippen molar-refractivity contribution in [2.75, 3.05) is 19.6 Å². The number of nitrogens with zero attached hydrogens (tertiary/aromatic N) is 3. The van der Waals surface area contributed by atoms with Crippen molar-refractivity contribution in [3.05, 3.63) is 101 Å². The molecule has 7 heteroatoms. The molecule has 3 aromatic carbocycles. The fourth-order valence-electron chi connectivity index (χ4n) is 6.01. The zero-order chi connectivity index (χ0) is 30.8. The highest BCUT2D eigenvalue weighted by Gasteiger charge is 2.30. The van der Waals surface area contributed by atoms with Gasteiger partial charge in [0.2, 0.25) is 0 Å². The van der Waals surface area contributed by atoms with E-state index in [0.29, 0.717) is 5.92 Å². The lowest BCUT2D eigenvalue weighted by molar-refractivity contribution is -0.143. The second-order valence-electron chi connectivity index (χ2n) is 13.0. The first-order chi connectivity index (χ1) is 20.5. The molecule has 2 N–H and O–H groups in total. The highest BCUT2D eigenvalue weighted by atomic mass is 16.4. The average molecular weight is 582 g/mol. The molecule has 1 fully saturated rings. The molecule has 0 unspecified atom stereocenters. The maximum Gasteiger partial charge on any atom is 0.313 e. The minimum absolute atomic E-state index is 0.403. The molecule has 1 aromatic heterocycles. The minimum atomic E-state index is -0.912. The molecule has 0 aliphatic carbocycles. The lowest BCUT2D eigenvalue weighted by Gasteiger charge is -2.32. The fraction of sp³-hybridized carbons (Fsp3) is 0.417. The summed E-state index contributed by atoms with van der Waals surface area (Å²) in [5.74, 6) is -0.0648. The summed E-state index contributed by atoms with van der Waals surface area (Å²) in [7, 11) is 0. The van der Waals surface area contributed by atoms with Gasteiger partial charge < -0.3 is 19.7 Å². The highest BCUT2D eigenvalue weighted by Crippen LogP contribution is 2.31. The van der Waals surface area contributed by atoms with Gasteiger partial charge in [0, 0.05) is 19.0 Å². The van der Waals surface area contributed by atoms with Crippen LogP contribution in [0.25, 0.3) is 11.0 Å². The molecule has 226 valence electrons. The molecule has 1 aliphatic rings. The van der Waals surface area contributed by atoms with Crippen LogP contribution in [-0.2, 0) is 39.8 Å². The highest BCUT2D eigenvalue weighted by molar-refractivity contribution is 5.80. The van der Waals surface area contributed by atoms with Crippen molar-refractivity contribution in [1.82, 2.24) is 14.5 Å². The number of likely N-dealkylation sites (tertiary alicyclic amines) is 1. The lowest BCUT2D eigenvalue weighted by atomic mass is 9.84. The monoisotopic (exact) mass is 581 g/mol. The van der Waals surface area contributed by atoms with Crippen molar-refractivity contribution in [1.29, 1.82) is 0 Å². The van der Waals surface area contributed by atoms with E-state index in [4.69, 9.17) is 4.98 Å². The molecule has 43 heavy (non-hydrogen) atoms. The number of carboxylic acids is 2. The number of aryl methyl sites for hydroxylation is 2. The van der Waals surface area contributed by atoms with Crippen molar-refractivity contribution in [2.24, 2.45) is 0 Å². The zero-order valence-electron chi connectivity index (χ0n) is 25.7.